The molecular formula is C27H28ClN3O8. The van der Waals surface area contributed by atoms with Crippen LogP contribution in [0.15, 0.2) is 39.5 Å². The van der Waals surface area contributed by atoms with Crippen LogP contribution in [0.25, 0.3) is 17.1 Å². The van der Waals surface area contributed by atoms with Crippen molar-refractivity contribution in [2.45, 2.75) is 24.5 Å². The Bertz CT molecular complexity index is 1520. The fraction of sp³-hybridized carbons (Fsp3) is 0.370. The van der Waals surface area contributed by atoms with E-state index in [0.717, 1.165) is 0 Å². The highest BCUT2D eigenvalue weighted by molar-refractivity contribution is 6.29. The number of halogens is 1. The number of ketones is 2. The van der Waals surface area contributed by atoms with Gasteiger partial charge in [-0.25, -0.2) is 0 Å². The number of hydrogen-bond donors (Lipinski definition) is 5. The van der Waals surface area contributed by atoms with Crippen molar-refractivity contribution < 1.29 is 39.2 Å². The van der Waals surface area contributed by atoms with Crippen molar-refractivity contribution in [1.82, 2.24) is 4.90 Å². The molecule has 39 heavy (non-hydrogen) atoms. The minimum Gasteiger partial charge on any atom is -0.508 e. The van der Waals surface area contributed by atoms with Crippen molar-refractivity contribution in [3.05, 3.63) is 51.5 Å². The molecular weight excluding hydrogens is 530 g/mol. The Morgan fingerprint density at radius 3 is 2.36 bits per heavy atom. The molecule has 6 N–H and O–H groups in total. The molecule has 0 saturated heterocycles. The van der Waals surface area contributed by atoms with Crippen LogP contribution in [-0.2, 0) is 20.8 Å². The molecule has 0 aliphatic heterocycles. The maximum Gasteiger partial charge on any atom is 0.255 e. The Labute approximate surface area is 228 Å². The number of furan rings is 1. The smallest absolute Gasteiger partial charge is 0.255 e. The summed E-state index contributed by atoms with van der Waals surface area (Å²) in [7, 11) is 6.67. The molecule has 3 aliphatic rings. The van der Waals surface area contributed by atoms with E-state index >= 15 is 0 Å². The summed E-state index contributed by atoms with van der Waals surface area (Å²) in [6.07, 6.45) is 0.184. The summed E-state index contributed by atoms with van der Waals surface area (Å²) in [6.45, 7) is 0. The number of primary amides is 1. The van der Waals surface area contributed by atoms with E-state index in [4.69, 9.17) is 21.8 Å². The van der Waals surface area contributed by atoms with E-state index < -0.39 is 58.0 Å². The molecule has 2 aromatic rings. The van der Waals surface area contributed by atoms with Crippen molar-refractivity contribution in [3.63, 3.8) is 0 Å². The van der Waals surface area contributed by atoms with E-state index in [2.05, 4.69) is 0 Å². The molecule has 4 atom stereocenters. The van der Waals surface area contributed by atoms with Gasteiger partial charge in [0.1, 0.15) is 28.6 Å². The van der Waals surface area contributed by atoms with Gasteiger partial charge in [0, 0.05) is 31.3 Å². The number of phenolic OH excluding ortho intramolecular Hbond substituents is 1. The first-order valence-corrected chi connectivity index (χ1v) is 12.6. The number of benzene rings is 1. The minimum absolute atomic E-state index is 0.00886. The number of fused-ring (bicyclic) bond motifs is 3. The van der Waals surface area contributed by atoms with Crippen LogP contribution in [0, 0.1) is 11.8 Å². The lowest BCUT2D eigenvalue weighted by molar-refractivity contribution is -0.153. The minimum atomic E-state index is -2.70. The van der Waals surface area contributed by atoms with E-state index in [1.807, 2.05) is 0 Å². The van der Waals surface area contributed by atoms with Crippen molar-refractivity contribution in [1.29, 1.82) is 0 Å². The number of hydrogen-bond acceptors (Lipinski definition) is 10. The van der Waals surface area contributed by atoms with Crippen LogP contribution in [0.4, 0.5) is 5.69 Å². The lowest BCUT2D eigenvalue weighted by Gasteiger charge is -2.50. The summed E-state index contributed by atoms with van der Waals surface area (Å²) < 4.78 is 5.48. The van der Waals surface area contributed by atoms with E-state index in [1.54, 1.807) is 45.2 Å². The number of aromatic hydroxyl groups is 1. The molecule has 1 fully saturated rings. The third-order valence-electron chi connectivity index (χ3n) is 8.02. The SMILES string of the molecule is CN(C)c1cc(-c2ccc(Cl)o2)c(O)c2c1C[C@@H]1C[C@@H]3[C@@H](N(C)C)C(=O)C(C(N)=O)=C(O)[C@]3(O)C(=O)C1=C2O. The molecule has 1 amide bonds. The van der Waals surface area contributed by atoms with Gasteiger partial charge in [0.2, 0.25) is 5.78 Å². The average molecular weight is 558 g/mol. The van der Waals surface area contributed by atoms with Crippen LogP contribution in [0.1, 0.15) is 17.5 Å². The van der Waals surface area contributed by atoms with Crippen LogP contribution in [-0.4, -0.2) is 82.6 Å². The summed E-state index contributed by atoms with van der Waals surface area (Å²) in [5, 5.41) is 45.6. The third-order valence-corrected chi connectivity index (χ3v) is 8.22. The first kappa shape index (κ1) is 26.8. The normalized spacial score (nSPS) is 26.5. The molecule has 1 aromatic heterocycles. The number of amides is 1. The van der Waals surface area contributed by atoms with Crippen LogP contribution in [0.2, 0.25) is 5.22 Å². The second kappa shape index (κ2) is 8.87. The molecule has 206 valence electrons. The quantitative estimate of drug-likeness (QED) is 0.349. The summed E-state index contributed by atoms with van der Waals surface area (Å²) in [5.41, 5.74) is 2.95. The molecule has 0 bridgehead atoms. The fourth-order valence-corrected chi connectivity index (χ4v) is 6.48. The molecule has 1 aromatic carbocycles. The first-order valence-electron chi connectivity index (χ1n) is 12.2. The summed E-state index contributed by atoms with van der Waals surface area (Å²) in [4.78, 5) is 42.6. The molecule has 0 radical (unpaired) electrons. The number of likely N-dealkylation sites (N-methyl/N-ethyl adjacent to an activating group) is 1. The van der Waals surface area contributed by atoms with Gasteiger partial charge < -0.3 is 35.5 Å². The summed E-state index contributed by atoms with van der Waals surface area (Å²) in [6, 6.07) is 3.59. The highest BCUT2D eigenvalue weighted by atomic mass is 35.5. The Hall–Kier alpha value is -3.80. The molecule has 3 aliphatic carbocycles. The van der Waals surface area contributed by atoms with Crippen molar-refractivity contribution in [2.75, 3.05) is 33.1 Å². The molecule has 5 rings (SSSR count). The second-order valence-electron chi connectivity index (χ2n) is 10.6. The Kier molecular flexibility index (Phi) is 6.09. The Balaban J connectivity index is 1.78. The van der Waals surface area contributed by atoms with E-state index in [-0.39, 0.29) is 46.3 Å². The van der Waals surface area contributed by atoms with Crippen molar-refractivity contribution in [2.24, 2.45) is 17.6 Å². The van der Waals surface area contributed by atoms with Gasteiger partial charge in [-0.1, -0.05) is 0 Å². The summed E-state index contributed by atoms with van der Waals surface area (Å²) >= 11 is 5.94. The highest BCUT2D eigenvalue weighted by Gasteiger charge is 2.64. The predicted molar refractivity (Wildman–Crippen MR) is 141 cm³/mol. The highest BCUT2D eigenvalue weighted by Crippen LogP contribution is 2.55. The van der Waals surface area contributed by atoms with Gasteiger partial charge in [0.25, 0.3) is 5.91 Å². The topological polar surface area (TPSA) is 178 Å². The van der Waals surface area contributed by atoms with Crippen molar-refractivity contribution in [3.8, 4) is 17.1 Å². The molecule has 11 nitrogen and oxygen atoms in total. The zero-order valence-corrected chi connectivity index (χ0v) is 22.4. The Morgan fingerprint density at radius 2 is 1.82 bits per heavy atom. The van der Waals surface area contributed by atoms with E-state index in [9.17, 15) is 34.8 Å². The summed E-state index contributed by atoms with van der Waals surface area (Å²) in [5.74, 6) is -6.81. The molecule has 1 heterocycles. The molecule has 0 unspecified atom stereocenters. The molecule has 1 saturated carbocycles. The number of nitrogens with zero attached hydrogens (tertiary/aromatic N) is 2. The first-order chi connectivity index (χ1) is 18.2. The van der Waals surface area contributed by atoms with Gasteiger partial charge in [-0.15, -0.1) is 0 Å². The number of carbonyl (C=O) groups is 3. The lowest BCUT2D eigenvalue weighted by Crippen LogP contribution is -2.65. The number of anilines is 1. The maximum absolute atomic E-state index is 14.0. The number of rotatable bonds is 4. The van der Waals surface area contributed by atoms with Gasteiger partial charge in [-0.2, -0.15) is 0 Å². The second-order valence-corrected chi connectivity index (χ2v) is 11.0. The van der Waals surface area contributed by atoms with Gasteiger partial charge in [0.05, 0.1) is 17.2 Å². The monoisotopic (exact) mass is 557 g/mol. The number of nitrogens with two attached hydrogens (primary N) is 1. The van der Waals surface area contributed by atoms with Gasteiger partial charge in [-0.3, -0.25) is 19.3 Å². The van der Waals surface area contributed by atoms with Gasteiger partial charge >= 0.3 is 0 Å². The lowest BCUT2D eigenvalue weighted by atomic mass is 9.57. The third kappa shape index (κ3) is 3.60. The zero-order chi connectivity index (χ0) is 28.7. The zero-order valence-electron chi connectivity index (χ0n) is 21.6. The number of Topliss-reactive ketones (excluding diaryl/α,β-unsaturated/α-hetero) is 2. The molecule has 0 spiro atoms. The number of carbonyl (C=O) groups excluding carboxylic acids is 3. The molecule has 12 heteroatoms. The van der Waals surface area contributed by atoms with Crippen molar-refractivity contribution >= 4 is 40.5 Å². The van der Waals surface area contributed by atoms with Crippen LogP contribution < -0.4 is 10.6 Å². The number of aliphatic hydroxyl groups is 3. The standard InChI is InChI=1S/C27H28ClN3O8/c1-30(2)14-9-12(15-5-6-16(28)39-15)21(32)18-11(14)7-10-8-13-20(31(3)4)23(34)19(26(29)37)25(36)27(13,38)24(35)17(10)22(18)33/h5-6,9-10,13,20,32-33,36,38H,7-8H2,1-4H3,(H2,29,37)/t10-,13-,20-,27-/m1/s1. The van der Waals surface area contributed by atoms with E-state index in [1.165, 1.54) is 11.0 Å². The number of phenols is 1. The van der Waals surface area contributed by atoms with Crippen LogP contribution in [0.5, 0.6) is 5.75 Å². The van der Waals surface area contributed by atoms with Gasteiger partial charge in [-0.05, 0) is 68.2 Å². The van der Waals surface area contributed by atoms with Gasteiger partial charge in [0.15, 0.2) is 16.6 Å². The largest absolute Gasteiger partial charge is 0.508 e. The van der Waals surface area contributed by atoms with E-state index in [0.29, 0.717) is 11.3 Å². The van der Waals surface area contributed by atoms with Crippen LogP contribution in [0.3, 0.4) is 0 Å². The number of aliphatic hydroxyl groups excluding tert-OH is 2. The predicted octanol–water partition coefficient (Wildman–Crippen LogP) is 1.94. The maximum atomic E-state index is 14.0. The Morgan fingerprint density at radius 1 is 1.15 bits per heavy atom. The average Bonchev–Trinajstić information content (AvgIpc) is 3.26. The van der Waals surface area contributed by atoms with Crippen LogP contribution >= 0.6 is 11.6 Å². The fourth-order valence-electron chi connectivity index (χ4n) is 6.34.